The van der Waals surface area contributed by atoms with Gasteiger partial charge in [0.25, 0.3) is 0 Å². The number of carbonyl (C=O) groups excluding carboxylic acids is 1. The number of Topliss-reactive ketones (excluding diaryl/α,β-unsaturated/α-hetero) is 1. The van der Waals surface area contributed by atoms with Crippen LogP contribution in [0.5, 0.6) is 0 Å². The van der Waals surface area contributed by atoms with Gasteiger partial charge in [-0.1, -0.05) is 61.5 Å². The van der Waals surface area contributed by atoms with Crippen molar-refractivity contribution in [1.29, 1.82) is 0 Å². The van der Waals surface area contributed by atoms with Crippen LogP contribution in [0.1, 0.15) is 47.6 Å². The normalized spacial score (nSPS) is 11.0. The minimum Gasteiger partial charge on any atom is -0.300 e. The van der Waals surface area contributed by atoms with Crippen LogP contribution in [0.4, 0.5) is 0 Å². The van der Waals surface area contributed by atoms with Crippen LogP contribution in [0.25, 0.3) is 12.2 Å². The lowest BCUT2D eigenvalue weighted by molar-refractivity contribution is -0.118. The van der Waals surface area contributed by atoms with Crippen molar-refractivity contribution in [2.24, 2.45) is 0 Å². The summed E-state index contributed by atoms with van der Waals surface area (Å²) in [5.74, 6) is 0.330. The summed E-state index contributed by atoms with van der Waals surface area (Å²) in [7, 11) is 0. The van der Waals surface area contributed by atoms with Gasteiger partial charge in [-0.2, -0.15) is 0 Å². The molecule has 2 rings (SSSR count). The Hall–Kier alpha value is -2.15. The summed E-state index contributed by atoms with van der Waals surface area (Å²) in [5, 5.41) is 0. The summed E-state index contributed by atoms with van der Waals surface area (Å²) in [6.45, 7) is 6.19. The molecule has 114 valence electrons. The zero-order chi connectivity index (χ0) is 15.9. The smallest absolute Gasteiger partial charge is 0.132 e. The number of rotatable bonds is 6. The second kappa shape index (κ2) is 7.74. The van der Waals surface area contributed by atoms with Gasteiger partial charge < -0.3 is 0 Å². The average Bonchev–Trinajstić information content (AvgIpc) is 2.54. The lowest BCUT2D eigenvalue weighted by atomic mass is 9.95. The standard InChI is InChI=1S/C21H24O/c1-4-21(22)13-12-20-15-17(3)16(2)14-19(20)11-10-18-8-6-5-7-9-18/h5-11,14-15H,4,12-13H2,1-3H3/b11-10+. The van der Waals surface area contributed by atoms with Crippen molar-refractivity contribution in [3.63, 3.8) is 0 Å². The van der Waals surface area contributed by atoms with Crippen molar-refractivity contribution in [3.05, 3.63) is 70.3 Å². The maximum atomic E-state index is 11.6. The Bertz CT molecular complexity index is 666. The highest BCUT2D eigenvalue weighted by atomic mass is 16.1. The molecule has 0 aliphatic carbocycles. The van der Waals surface area contributed by atoms with Crippen molar-refractivity contribution in [1.82, 2.24) is 0 Å². The molecule has 0 amide bonds. The van der Waals surface area contributed by atoms with E-state index in [0.717, 1.165) is 6.42 Å². The third-order valence-corrected chi connectivity index (χ3v) is 4.08. The largest absolute Gasteiger partial charge is 0.300 e. The van der Waals surface area contributed by atoms with E-state index in [-0.39, 0.29) is 0 Å². The molecule has 0 saturated heterocycles. The number of benzene rings is 2. The average molecular weight is 292 g/mol. The van der Waals surface area contributed by atoms with Crippen LogP contribution in [0.3, 0.4) is 0 Å². The molecule has 0 saturated carbocycles. The number of aryl methyl sites for hydroxylation is 3. The van der Waals surface area contributed by atoms with Gasteiger partial charge in [0.15, 0.2) is 0 Å². The van der Waals surface area contributed by atoms with Gasteiger partial charge in [0, 0.05) is 12.8 Å². The Morgan fingerprint density at radius 3 is 2.36 bits per heavy atom. The van der Waals surface area contributed by atoms with E-state index in [2.05, 4.69) is 50.3 Å². The van der Waals surface area contributed by atoms with Gasteiger partial charge in [-0.25, -0.2) is 0 Å². The van der Waals surface area contributed by atoms with E-state index in [9.17, 15) is 4.79 Å². The van der Waals surface area contributed by atoms with Crippen LogP contribution in [0.2, 0.25) is 0 Å². The fourth-order valence-corrected chi connectivity index (χ4v) is 2.47. The molecule has 0 radical (unpaired) electrons. The maximum Gasteiger partial charge on any atom is 0.132 e. The van der Waals surface area contributed by atoms with Crippen molar-refractivity contribution in [2.45, 2.75) is 40.0 Å². The SMILES string of the molecule is CCC(=O)CCc1cc(C)c(C)cc1/C=C/c1ccccc1. The van der Waals surface area contributed by atoms with Crippen LogP contribution < -0.4 is 0 Å². The van der Waals surface area contributed by atoms with Crippen LogP contribution in [-0.2, 0) is 11.2 Å². The van der Waals surface area contributed by atoms with E-state index >= 15 is 0 Å². The molecule has 0 bridgehead atoms. The highest BCUT2D eigenvalue weighted by molar-refractivity contribution is 5.79. The predicted molar refractivity (Wildman–Crippen MR) is 94.9 cm³/mol. The summed E-state index contributed by atoms with van der Waals surface area (Å²) in [6, 6.07) is 14.7. The van der Waals surface area contributed by atoms with Gasteiger partial charge in [-0.05, 0) is 48.1 Å². The molecule has 0 unspecified atom stereocenters. The van der Waals surface area contributed by atoms with Gasteiger partial charge in [0.05, 0.1) is 0 Å². The molecule has 0 N–H and O–H groups in total. The molecular formula is C21H24O. The second-order valence-corrected chi connectivity index (χ2v) is 5.77. The zero-order valence-corrected chi connectivity index (χ0v) is 13.7. The van der Waals surface area contributed by atoms with Crippen molar-refractivity contribution < 1.29 is 4.79 Å². The fraction of sp³-hybridized carbons (Fsp3) is 0.286. The van der Waals surface area contributed by atoms with E-state index < -0.39 is 0 Å². The molecule has 0 aliphatic rings. The lowest BCUT2D eigenvalue weighted by Gasteiger charge is -2.10. The first-order valence-electron chi connectivity index (χ1n) is 7.95. The topological polar surface area (TPSA) is 17.1 Å². The molecule has 1 heteroatoms. The fourth-order valence-electron chi connectivity index (χ4n) is 2.47. The van der Waals surface area contributed by atoms with E-state index in [1.54, 1.807) is 0 Å². The van der Waals surface area contributed by atoms with Crippen LogP contribution >= 0.6 is 0 Å². The lowest BCUT2D eigenvalue weighted by Crippen LogP contribution is -2.00. The van der Waals surface area contributed by atoms with Gasteiger partial charge in [0.1, 0.15) is 5.78 Å². The number of hydrogen-bond acceptors (Lipinski definition) is 1. The Kier molecular flexibility index (Phi) is 5.71. The van der Waals surface area contributed by atoms with Crippen molar-refractivity contribution >= 4 is 17.9 Å². The number of hydrogen-bond donors (Lipinski definition) is 0. The monoisotopic (exact) mass is 292 g/mol. The Balaban J connectivity index is 2.26. The van der Waals surface area contributed by atoms with Gasteiger partial charge >= 0.3 is 0 Å². The zero-order valence-electron chi connectivity index (χ0n) is 13.7. The third-order valence-electron chi connectivity index (χ3n) is 4.08. The molecule has 2 aromatic carbocycles. The molecule has 0 aromatic heterocycles. The second-order valence-electron chi connectivity index (χ2n) is 5.77. The van der Waals surface area contributed by atoms with Gasteiger partial charge in [0.2, 0.25) is 0 Å². The van der Waals surface area contributed by atoms with Crippen molar-refractivity contribution in [2.75, 3.05) is 0 Å². The highest BCUT2D eigenvalue weighted by Gasteiger charge is 2.06. The van der Waals surface area contributed by atoms with Crippen LogP contribution in [0.15, 0.2) is 42.5 Å². The third kappa shape index (κ3) is 4.42. The Morgan fingerprint density at radius 2 is 1.68 bits per heavy atom. The first-order valence-corrected chi connectivity index (χ1v) is 7.95. The molecule has 0 atom stereocenters. The molecule has 0 heterocycles. The highest BCUT2D eigenvalue weighted by Crippen LogP contribution is 2.20. The number of ketones is 1. The maximum absolute atomic E-state index is 11.6. The Labute approximate surface area is 133 Å². The summed E-state index contributed by atoms with van der Waals surface area (Å²) in [5.41, 5.74) is 6.25. The first kappa shape index (κ1) is 16.2. The van der Waals surface area contributed by atoms with E-state index in [1.807, 2.05) is 25.1 Å². The van der Waals surface area contributed by atoms with Crippen LogP contribution in [-0.4, -0.2) is 5.78 Å². The van der Waals surface area contributed by atoms with E-state index in [0.29, 0.717) is 18.6 Å². The summed E-state index contributed by atoms with van der Waals surface area (Å²) >= 11 is 0. The summed E-state index contributed by atoms with van der Waals surface area (Å²) in [6.07, 6.45) is 6.37. The van der Waals surface area contributed by atoms with E-state index in [4.69, 9.17) is 0 Å². The summed E-state index contributed by atoms with van der Waals surface area (Å²) < 4.78 is 0. The summed E-state index contributed by atoms with van der Waals surface area (Å²) in [4.78, 5) is 11.6. The Morgan fingerprint density at radius 1 is 1.00 bits per heavy atom. The minimum atomic E-state index is 0.330. The molecule has 0 spiro atoms. The van der Waals surface area contributed by atoms with Gasteiger partial charge in [-0.15, -0.1) is 0 Å². The molecule has 1 nitrogen and oxygen atoms in total. The molecule has 2 aromatic rings. The van der Waals surface area contributed by atoms with Crippen molar-refractivity contribution in [3.8, 4) is 0 Å². The van der Waals surface area contributed by atoms with Crippen LogP contribution in [0, 0.1) is 13.8 Å². The number of carbonyl (C=O) groups is 1. The predicted octanol–water partition coefficient (Wildman–Crippen LogP) is 5.39. The van der Waals surface area contributed by atoms with Gasteiger partial charge in [-0.3, -0.25) is 4.79 Å². The first-order chi connectivity index (χ1) is 10.6. The molecular weight excluding hydrogens is 268 g/mol. The quantitative estimate of drug-likeness (QED) is 0.653. The van der Waals surface area contributed by atoms with E-state index in [1.165, 1.54) is 27.8 Å². The molecule has 22 heavy (non-hydrogen) atoms. The minimum absolute atomic E-state index is 0.330. The molecule has 0 aliphatic heterocycles. The molecule has 0 fully saturated rings.